The summed E-state index contributed by atoms with van der Waals surface area (Å²) in [6.07, 6.45) is 0.494. The van der Waals surface area contributed by atoms with Crippen LogP contribution in [0.1, 0.15) is 42.0 Å². The Morgan fingerprint density at radius 2 is 2.05 bits per heavy atom. The summed E-state index contributed by atoms with van der Waals surface area (Å²) in [4.78, 5) is 14.3. The number of nitrogens with zero attached hydrogens (tertiary/aromatic N) is 2. The van der Waals surface area contributed by atoms with Crippen molar-refractivity contribution in [3.05, 3.63) is 23.0 Å². The second kappa shape index (κ2) is 6.42. The van der Waals surface area contributed by atoms with E-state index in [0.29, 0.717) is 25.1 Å². The molecule has 22 heavy (non-hydrogen) atoms. The maximum absolute atomic E-state index is 12.7. The molecule has 0 bridgehead atoms. The van der Waals surface area contributed by atoms with Gasteiger partial charge in [-0.15, -0.1) is 0 Å². The highest BCUT2D eigenvalue weighted by Gasteiger charge is 2.35. The molecule has 6 nitrogen and oxygen atoms in total. The van der Waals surface area contributed by atoms with Crippen LogP contribution in [0.15, 0.2) is 6.07 Å². The van der Waals surface area contributed by atoms with Crippen molar-refractivity contribution in [2.75, 3.05) is 19.6 Å². The lowest BCUT2D eigenvalue weighted by molar-refractivity contribution is 0.0792. The molecule has 1 saturated heterocycles. The first-order valence-corrected chi connectivity index (χ1v) is 9.30. The summed E-state index contributed by atoms with van der Waals surface area (Å²) in [6.45, 7) is 9.68. The number of nitrogens with one attached hydrogen (secondary N) is 1. The number of aryl methyl sites for hydroxylation is 1. The number of hydrogen-bond donors (Lipinski definition) is 1. The fourth-order valence-electron chi connectivity index (χ4n) is 3.16. The van der Waals surface area contributed by atoms with Crippen molar-refractivity contribution < 1.29 is 13.2 Å². The van der Waals surface area contributed by atoms with Crippen LogP contribution in [-0.2, 0) is 16.6 Å². The van der Waals surface area contributed by atoms with Gasteiger partial charge in [0.25, 0.3) is 5.91 Å². The SMILES string of the molecule is CCNS(=O)(=O)C1CCN(C(=O)c2cc(C)n(CC)c2C)C1. The Morgan fingerprint density at radius 1 is 1.36 bits per heavy atom. The molecule has 0 spiro atoms. The predicted molar refractivity (Wildman–Crippen MR) is 86.5 cm³/mol. The lowest BCUT2D eigenvalue weighted by atomic mass is 10.2. The second-order valence-corrected chi connectivity index (χ2v) is 7.78. The number of carbonyl (C=O) groups is 1. The Labute approximate surface area is 132 Å². The van der Waals surface area contributed by atoms with E-state index in [1.807, 2.05) is 26.8 Å². The first-order chi connectivity index (χ1) is 10.3. The second-order valence-electron chi connectivity index (χ2n) is 5.73. The molecule has 0 aliphatic carbocycles. The van der Waals surface area contributed by atoms with E-state index in [1.54, 1.807) is 11.8 Å². The van der Waals surface area contributed by atoms with Crippen LogP contribution in [0, 0.1) is 13.8 Å². The zero-order chi connectivity index (χ0) is 16.5. The standard InChI is InChI=1S/C15H25N3O3S/c1-5-16-22(20,21)13-7-8-17(10-13)15(19)14-9-11(3)18(6-2)12(14)4/h9,13,16H,5-8,10H2,1-4H3. The quantitative estimate of drug-likeness (QED) is 0.885. The largest absolute Gasteiger partial charge is 0.349 e. The number of likely N-dealkylation sites (tertiary alicyclic amines) is 1. The molecule has 2 heterocycles. The minimum Gasteiger partial charge on any atom is -0.349 e. The molecule has 124 valence electrons. The number of aromatic nitrogens is 1. The van der Waals surface area contributed by atoms with Gasteiger partial charge in [0.15, 0.2) is 0 Å². The van der Waals surface area contributed by atoms with Gasteiger partial charge in [0, 0.05) is 37.6 Å². The van der Waals surface area contributed by atoms with Crippen LogP contribution in [0.4, 0.5) is 0 Å². The number of sulfonamides is 1. The Balaban J connectivity index is 2.16. The van der Waals surface area contributed by atoms with Crippen LogP contribution in [0.5, 0.6) is 0 Å². The third kappa shape index (κ3) is 3.05. The molecule has 1 aromatic rings. The highest BCUT2D eigenvalue weighted by Crippen LogP contribution is 2.22. The minimum atomic E-state index is -3.33. The lowest BCUT2D eigenvalue weighted by Crippen LogP contribution is -2.37. The average molecular weight is 327 g/mol. The van der Waals surface area contributed by atoms with Gasteiger partial charge in [0.05, 0.1) is 10.8 Å². The highest BCUT2D eigenvalue weighted by atomic mass is 32.2. The van der Waals surface area contributed by atoms with Gasteiger partial charge in [-0.2, -0.15) is 0 Å². The van der Waals surface area contributed by atoms with Gasteiger partial charge >= 0.3 is 0 Å². The van der Waals surface area contributed by atoms with Gasteiger partial charge in [-0.3, -0.25) is 4.79 Å². The molecule has 1 amide bonds. The van der Waals surface area contributed by atoms with Gasteiger partial charge in [-0.1, -0.05) is 6.92 Å². The smallest absolute Gasteiger partial charge is 0.255 e. The molecule has 7 heteroatoms. The Bertz CT molecular complexity index is 664. The summed E-state index contributed by atoms with van der Waals surface area (Å²) in [5.41, 5.74) is 2.68. The van der Waals surface area contributed by atoms with Gasteiger partial charge < -0.3 is 9.47 Å². The van der Waals surface area contributed by atoms with Crippen LogP contribution >= 0.6 is 0 Å². The Hall–Kier alpha value is -1.34. The van der Waals surface area contributed by atoms with Crippen molar-refractivity contribution in [2.24, 2.45) is 0 Å². The summed E-state index contributed by atoms with van der Waals surface area (Å²) >= 11 is 0. The Kier molecular flexibility index (Phi) is 4.97. The van der Waals surface area contributed by atoms with Crippen molar-refractivity contribution >= 4 is 15.9 Å². The molecule has 0 aromatic carbocycles. The van der Waals surface area contributed by atoms with E-state index in [4.69, 9.17) is 0 Å². The summed E-state index contributed by atoms with van der Waals surface area (Å²) in [6, 6.07) is 1.90. The Morgan fingerprint density at radius 3 is 2.59 bits per heavy atom. The van der Waals surface area contributed by atoms with E-state index >= 15 is 0 Å². The van der Waals surface area contributed by atoms with E-state index in [2.05, 4.69) is 9.29 Å². The molecule has 1 unspecified atom stereocenters. The third-order valence-corrected chi connectivity index (χ3v) is 6.29. The van der Waals surface area contributed by atoms with E-state index in [1.165, 1.54) is 0 Å². The first kappa shape index (κ1) is 17.0. The van der Waals surface area contributed by atoms with Crippen LogP contribution in [0.2, 0.25) is 0 Å². The molecule has 1 fully saturated rings. The van der Waals surface area contributed by atoms with Crippen LogP contribution < -0.4 is 4.72 Å². The minimum absolute atomic E-state index is 0.0676. The third-order valence-electron chi connectivity index (χ3n) is 4.34. The predicted octanol–water partition coefficient (Wildman–Crippen LogP) is 1.28. The molecule has 1 atom stereocenters. The van der Waals surface area contributed by atoms with E-state index < -0.39 is 15.3 Å². The van der Waals surface area contributed by atoms with Crippen molar-refractivity contribution in [3.63, 3.8) is 0 Å². The van der Waals surface area contributed by atoms with Crippen LogP contribution in [0.25, 0.3) is 0 Å². The number of rotatable bonds is 5. The highest BCUT2D eigenvalue weighted by molar-refractivity contribution is 7.90. The average Bonchev–Trinajstić information content (AvgIpc) is 3.04. The maximum Gasteiger partial charge on any atom is 0.255 e. The van der Waals surface area contributed by atoms with E-state index in [-0.39, 0.29) is 12.5 Å². The number of amides is 1. The summed E-state index contributed by atoms with van der Waals surface area (Å²) < 4.78 is 28.7. The molecule has 2 rings (SSSR count). The molecule has 1 N–H and O–H groups in total. The molecule has 0 saturated carbocycles. The molecule has 1 aromatic heterocycles. The van der Waals surface area contributed by atoms with Gasteiger partial charge in [0.2, 0.25) is 10.0 Å². The summed E-state index contributed by atoms with van der Waals surface area (Å²) in [7, 11) is -3.33. The molecular formula is C15H25N3O3S. The van der Waals surface area contributed by atoms with Crippen molar-refractivity contribution in [1.29, 1.82) is 0 Å². The summed E-state index contributed by atoms with van der Waals surface area (Å²) in [5.74, 6) is -0.0676. The molecular weight excluding hydrogens is 302 g/mol. The van der Waals surface area contributed by atoms with Gasteiger partial charge in [-0.25, -0.2) is 13.1 Å². The number of carbonyl (C=O) groups excluding carboxylic acids is 1. The van der Waals surface area contributed by atoms with Crippen molar-refractivity contribution in [2.45, 2.75) is 45.9 Å². The van der Waals surface area contributed by atoms with Crippen molar-refractivity contribution in [3.8, 4) is 0 Å². The van der Waals surface area contributed by atoms with Gasteiger partial charge in [0.1, 0.15) is 0 Å². The first-order valence-electron chi connectivity index (χ1n) is 7.76. The zero-order valence-corrected chi connectivity index (χ0v) is 14.5. The monoisotopic (exact) mass is 327 g/mol. The zero-order valence-electron chi connectivity index (χ0n) is 13.7. The van der Waals surface area contributed by atoms with E-state index in [0.717, 1.165) is 17.9 Å². The van der Waals surface area contributed by atoms with E-state index in [9.17, 15) is 13.2 Å². The normalized spacial score (nSPS) is 18.9. The fraction of sp³-hybridized carbons (Fsp3) is 0.667. The summed E-state index contributed by atoms with van der Waals surface area (Å²) in [5, 5.41) is -0.508. The molecule has 1 aliphatic rings. The van der Waals surface area contributed by atoms with Crippen LogP contribution in [0.3, 0.4) is 0 Å². The molecule has 0 radical (unpaired) electrons. The van der Waals surface area contributed by atoms with Crippen LogP contribution in [-0.4, -0.2) is 48.7 Å². The fourth-order valence-corrected chi connectivity index (χ4v) is 4.59. The maximum atomic E-state index is 12.7. The van der Waals surface area contributed by atoms with Crippen molar-refractivity contribution in [1.82, 2.24) is 14.2 Å². The topological polar surface area (TPSA) is 71.4 Å². The van der Waals surface area contributed by atoms with Gasteiger partial charge in [-0.05, 0) is 33.3 Å². The number of hydrogen-bond acceptors (Lipinski definition) is 3. The lowest BCUT2D eigenvalue weighted by Gasteiger charge is -2.17. The molecule has 1 aliphatic heterocycles.